The molecular weight excluding hydrogens is 250 g/mol. The summed E-state index contributed by atoms with van der Waals surface area (Å²) in [5.74, 6) is 0. The van der Waals surface area contributed by atoms with Crippen LogP contribution in [0.1, 0.15) is 11.1 Å². The number of aromatic amines is 1. The lowest BCUT2D eigenvalue weighted by Gasteiger charge is -2.05. The zero-order chi connectivity index (χ0) is 13.9. The van der Waals surface area contributed by atoms with Crippen LogP contribution in [-0.4, -0.2) is 16.6 Å². The van der Waals surface area contributed by atoms with Gasteiger partial charge in [0.25, 0.3) is 0 Å². The van der Waals surface area contributed by atoms with Crippen LogP contribution in [0.3, 0.4) is 0 Å². The van der Waals surface area contributed by atoms with Crippen LogP contribution in [-0.2, 0) is 13.1 Å². The Kier molecular flexibility index (Phi) is 3.39. The first kappa shape index (κ1) is 12.7. The standard InChI is InChI=1S/C16H17N3O/c1-17-10-12-6-8-13(9-7-12)11-19-15-5-3-2-4-14(15)18-16(19)20/h2-9,17H,10-11H2,1H3,(H,18,20). The Labute approximate surface area is 117 Å². The Balaban J connectivity index is 1.93. The summed E-state index contributed by atoms with van der Waals surface area (Å²) >= 11 is 0. The van der Waals surface area contributed by atoms with E-state index in [1.165, 1.54) is 5.56 Å². The summed E-state index contributed by atoms with van der Waals surface area (Å²) in [5, 5.41) is 3.12. The second-order valence-electron chi connectivity index (χ2n) is 4.88. The van der Waals surface area contributed by atoms with Crippen molar-refractivity contribution in [2.75, 3.05) is 7.05 Å². The van der Waals surface area contributed by atoms with Gasteiger partial charge in [-0.05, 0) is 30.3 Å². The molecule has 0 amide bonds. The van der Waals surface area contributed by atoms with Crippen molar-refractivity contribution in [2.24, 2.45) is 0 Å². The highest BCUT2D eigenvalue weighted by Crippen LogP contribution is 2.12. The van der Waals surface area contributed by atoms with Crippen LogP contribution in [0.4, 0.5) is 0 Å². The number of nitrogens with zero attached hydrogens (tertiary/aromatic N) is 1. The van der Waals surface area contributed by atoms with Crippen LogP contribution >= 0.6 is 0 Å². The minimum Gasteiger partial charge on any atom is -0.316 e. The number of H-pyrrole nitrogens is 1. The summed E-state index contributed by atoms with van der Waals surface area (Å²) in [4.78, 5) is 14.9. The predicted octanol–water partition coefficient (Wildman–Crippen LogP) is 2.10. The topological polar surface area (TPSA) is 49.8 Å². The van der Waals surface area contributed by atoms with Gasteiger partial charge in [-0.1, -0.05) is 36.4 Å². The maximum Gasteiger partial charge on any atom is 0.326 e. The van der Waals surface area contributed by atoms with Gasteiger partial charge in [-0.25, -0.2) is 4.79 Å². The molecule has 0 aliphatic rings. The van der Waals surface area contributed by atoms with Crippen molar-refractivity contribution in [3.63, 3.8) is 0 Å². The van der Waals surface area contributed by atoms with E-state index in [2.05, 4.69) is 34.6 Å². The van der Waals surface area contributed by atoms with Crippen LogP contribution in [0.25, 0.3) is 11.0 Å². The van der Waals surface area contributed by atoms with Crippen LogP contribution in [0.15, 0.2) is 53.3 Å². The predicted molar refractivity (Wildman–Crippen MR) is 80.9 cm³/mol. The van der Waals surface area contributed by atoms with Crippen LogP contribution in [0, 0.1) is 0 Å². The van der Waals surface area contributed by atoms with Crippen molar-refractivity contribution < 1.29 is 0 Å². The van der Waals surface area contributed by atoms with Crippen LogP contribution in [0.2, 0.25) is 0 Å². The zero-order valence-electron chi connectivity index (χ0n) is 11.4. The molecule has 3 rings (SSSR count). The second-order valence-corrected chi connectivity index (χ2v) is 4.88. The van der Waals surface area contributed by atoms with E-state index in [-0.39, 0.29) is 5.69 Å². The molecule has 0 radical (unpaired) electrons. The van der Waals surface area contributed by atoms with Gasteiger partial charge in [-0.15, -0.1) is 0 Å². The normalized spacial score (nSPS) is 11.1. The molecule has 0 spiro atoms. The first-order valence-corrected chi connectivity index (χ1v) is 6.68. The third-order valence-electron chi connectivity index (χ3n) is 3.43. The van der Waals surface area contributed by atoms with Crippen molar-refractivity contribution >= 4 is 11.0 Å². The maximum atomic E-state index is 12.0. The van der Waals surface area contributed by atoms with Gasteiger partial charge in [0.15, 0.2) is 0 Å². The van der Waals surface area contributed by atoms with E-state index >= 15 is 0 Å². The molecule has 4 heteroatoms. The number of hydrogen-bond donors (Lipinski definition) is 2. The Bertz CT molecular complexity index is 768. The largest absolute Gasteiger partial charge is 0.326 e. The molecular formula is C16H17N3O. The molecule has 0 atom stereocenters. The first-order valence-electron chi connectivity index (χ1n) is 6.68. The average molecular weight is 267 g/mol. The molecule has 0 aliphatic heterocycles. The lowest BCUT2D eigenvalue weighted by atomic mass is 10.1. The minimum atomic E-state index is -0.0644. The van der Waals surface area contributed by atoms with Gasteiger partial charge in [0.2, 0.25) is 0 Å². The van der Waals surface area contributed by atoms with E-state index < -0.39 is 0 Å². The fourth-order valence-corrected chi connectivity index (χ4v) is 2.41. The number of benzene rings is 2. The third kappa shape index (κ3) is 2.38. The van der Waals surface area contributed by atoms with E-state index in [0.29, 0.717) is 6.54 Å². The van der Waals surface area contributed by atoms with E-state index in [0.717, 1.165) is 23.1 Å². The van der Waals surface area contributed by atoms with Gasteiger partial charge in [0.05, 0.1) is 17.6 Å². The van der Waals surface area contributed by atoms with Gasteiger partial charge in [0, 0.05) is 6.54 Å². The van der Waals surface area contributed by atoms with E-state index in [1.807, 2.05) is 31.3 Å². The SMILES string of the molecule is CNCc1ccc(Cn2c(=O)[nH]c3ccccc32)cc1. The van der Waals surface area contributed by atoms with Crippen molar-refractivity contribution in [1.29, 1.82) is 0 Å². The smallest absolute Gasteiger partial charge is 0.316 e. The maximum absolute atomic E-state index is 12.0. The molecule has 2 aromatic carbocycles. The molecule has 102 valence electrons. The number of imidazole rings is 1. The number of aromatic nitrogens is 2. The number of rotatable bonds is 4. The Hall–Kier alpha value is -2.33. The van der Waals surface area contributed by atoms with Crippen molar-refractivity contribution in [2.45, 2.75) is 13.1 Å². The summed E-state index contributed by atoms with van der Waals surface area (Å²) in [7, 11) is 1.93. The Morgan fingerprint density at radius 3 is 2.50 bits per heavy atom. The monoisotopic (exact) mass is 267 g/mol. The molecule has 1 aromatic heterocycles. The van der Waals surface area contributed by atoms with Crippen LogP contribution < -0.4 is 11.0 Å². The van der Waals surface area contributed by atoms with Crippen molar-refractivity contribution in [3.8, 4) is 0 Å². The van der Waals surface area contributed by atoms with E-state index in [9.17, 15) is 4.79 Å². The number of nitrogens with one attached hydrogen (secondary N) is 2. The molecule has 0 saturated carbocycles. The Morgan fingerprint density at radius 2 is 1.75 bits per heavy atom. The van der Waals surface area contributed by atoms with E-state index in [1.54, 1.807) is 4.57 Å². The highest BCUT2D eigenvalue weighted by Gasteiger charge is 2.06. The van der Waals surface area contributed by atoms with Gasteiger partial charge in [0.1, 0.15) is 0 Å². The molecule has 4 nitrogen and oxygen atoms in total. The molecule has 0 unspecified atom stereocenters. The summed E-state index contributed by atoms with van der Waals surface area (Å²) < 4.78 is 1.77. The van der Waals surface area contributed by atoms with E-state index in [4.69, 9.17) is 0 Å². The lowest BCUT2D eigenvalue weighted by Crippen LogP contribution is -2.17. The number of fused-ring (bicyclic) bond motifs is 1. The summed E-state index contributed by atoms with van der Waals surface area (Å²) in [6.07, 6.45) is 0. The minimum absolute atomic E-state index is 0.0644. The van der Waals surface area contributed by atoms with Crippen molar-refractivity contribution in [3.05, 3.63) is 70.1 Å². The average Bonchev–Trinajstić information content (AvgIpc) is 2.78. The molecule has 0 aliphatic carbocycles. The van der Waals surface area contributed by atoms with Gasteiger partial charge in [-0.2, -0.15) is 0 Å². The highest BCUT2D eigenvalue weighted by molar-refractivity contribution is 5.75. The van der Waals surface area contributed by atoms with Gasteiger partial charge < -0.3 is 10.3 Å². The van der Waals surface area contributed by atoms with Crippen LogP contribution in [0.5, 0.6) is 0 Å². The van der Waals surface area contributed by atoms with Gasteiger partial charge >= 0.3 is 5.69 Å². The second kappa shape index (κ2) is 5.35. The molecule has 0 fully saturated rings. The fraction of sp³-hybridized carbons (Fsp3) is 0.188. The summed E-state index contributed by atoms with van der Waals surface area (Å²) in [6.45, 7) is 1.44. The molecule has 20 heavy (non-hydrogen) atoms. The van der Waals surface area contributed by atoms with Gasteiger partial charge in [-0.3, -0.25) is 4.57 Å². The molecule has 3 aromatic rings. The highest BCUT2D eigenvalue weighted by atomic mass is 16.1. The third-order valence-corrected chi connectivity index (χ3v) is 3.43. The lowest BCUT2D eigenvalue weighted by molar-refractivity contribution is 0.783. The Morgan fingerprint density at radius 1 is 1.05 bits per heavy atom. The fourth-order valence-electron chi connectivity index (χ4n) is 2.41. The quantitative estimate of drug-likeness (QED) is 0.760. The number of hydrogen-bond acceptors (Lipinski definition) is 2. The summed E-state index contributed by atoms with van der Waals surface area (Å²) in [6, 6.07) is 16.1. The van der Waals surface area contributed by atoms with Crippen molar-refractivity contribution in [1.82, 2.24) is 14.9 Å². The molecule has 2 N–H and O–H groups in total. The molecule has 0 bridgehead atoms. The first-order chi connectivity index (χ1) is 9.78. The number of para-hydroxylation sites is 2. The summed E-state index contributed by atoms with van der Waals surface area (Å²) in [5.41, 5.74) is 4.12. The molecule has 0 saturated heterocycles. The zero-order valence-corrected chi connectivity index (χ0v) is 11.4. The molecule has 1 heterocycles.